The van der Waals surface area contributed by atoms with E-state index in [1.807, 2.05) is 58.0 Å². The van der Waals surface area contributed by atoms with Crippen LogP contribution in [0, 0.1) is 22.7 Å². The molecule has 2 saturated heterocycles. The van der Waals surface area contributed by atoms with E-state index in [4.69, 9.17) is 34.6 Å². The first-order valence-electron chi connectivity index (χ1n) is 23.6. The fourth-order valence-corrected chi connectivity index (χ4v) is 7.73. The summed E-state index contributed by atoms with van der Waals surface area (Å²) in [6.45, 7) is 25.6. The van der Waals surface area contributed by atoms with Crippen molar-refractivity contribution in [3.05, 3.63) is 156 Å². The van der Waals surface area contributed by atoms with Crippen molar-refractivity contribution in [3.63, 3.8) is 0 Å². The van der Waals surface area contributed by atoms with E-state index in [1.54, 1.807) is 0 Å². The van der Waals surface area contributed by atoms with E-state index in [0.29, 0.717) is 32.3 Å². The molecule has 0 spiro atoms. The molecule has 2 fully saturated rings. The Labute approximate surface area is 399 Å². The highest BCUT2D eigenvalue weighted by Crippen LogP contribution is 2.35. The summed E-state index contributed by atoms with van der Waals surface area (Å²) < 4.78 is 26.7. The second-order valence-electron chi connectivity index (χ2n) is 20.8. The fourth-order valence-electron chi connectivity index (χ4n) is 7.73. The van der Waals surface area contributed by atoms with Crippen molar-refractivity contribution in [2.45, 2.75) is 106 Å². The highest BCUT2D eigenvalue weighted by atomic mass is 16.7. The van der Waals surface area contributed by atoms with Crippen molar-refractivity contribution in [1.82, 2.24) is 24.4 Å². The Hall–Kier alpha value is -5.27. The van der Waals surface area contributed by atoms with Gasteiger partial charge >= 0.3 is 0 Å². The second kappa shape index (κ2) is 22.7. The number of carbonyl (C=O) groups is 1. The van der Waals surface area contributed by atoms with Gasteiger partial charge in [-0.2, -0.15) is 0 Å². The Morgan fingerprint density at radius 3 is 1.40 bits per heavy atom. The fraction of sp³-hybridized carbons (Fsp3) is 0.446. The molecule has 2 aliphatic rings. The molecule has 6 aromatic rings. The summed E-state index contributed by atoms with van der Waals surface area (Å²) in [7, 11) is 0. The predicted molar refractivity (Wildman–Crippen MR) is 268 cm³/mol. The number of benzene rings is 4. The molecular weight excluding hydrogens is 837 g/mol. The zero-order valence-corrected chi connectivity index (χ0v) is 41.4. The Bertz CT molecular complexity index is 2380. The summed E-state index contributed by atoms with van der Waals surface area (Å²) in [5, 5.41) is 3.82. The summed E-state index contributed by atoms with van der Waals surface area (Å²) in [6.07, 6.45) is 5.17. The molecule has 11 nitrogen and oxygen atoms in total. The van der Waals surface area contributed by atoms with Crippen LogP contribution in [0.25, 0.3) is 22.5 Å². The molecule has 2 aliphatic heterocycles. The topological polar surface area (TPSA) is 128 Å². The largest absolute Gasteiger partial charge is 0.350 e. The maximum atomic E-state index is 10.2. The third kappa shape index (κ3) is 15.1. The maximum Gasteiger partial charge on any atom is 0.162 e. The standard InChI is InChI=1S/C28H37N3O2.C21H25N3.C7H12O3/c1-27(2,3)25(29-16-22-19-32-28(4,5)33-20-22)26-30-24(23-14-10-7-11-15-23)18-31(26)17-21-12-8-6-9-13-21;1-21(2,3)19(22)20-23-18(17-12-8-5-9-13-17)15-24(20)14-16-10-6-4-7-11-16;1-7(2)9-4-6(3-8)5-10-7/h6-15,18,22,25,29H,16-17,19-20H2,1-5H3;4-13,15,19H,14,22H2,1-3H3;3,6H,4-5H2,1-2H3/t25-;19-;/m00./s1. The normalized spacial score (nSPS) is 17.3. The maximum absolute atomic E-state index is 10.2. The summed E-state index contributed by atoms with van der Waals surface area (Å²) in [5.41, 5.74) is 13.2. The van der Waals surface area contributed by atoms with Gasteiger partial charge in [-0.05, 0) is 49.7 Å². The number of aldehydes is 1. The van der Waals surface area contributed by atoms with Gasteiger partial charge in [-0.1, -0.05) is 163 Å². The monoisotopic (exact) mass is 911 g/mol. The highest BCUT2D eigenvalue weighted by molar-refractivity contribution is 5.59. The number of nitrogens with two attached hydrogens (primary N) is 1. The number of imidazole rings is 2. The summed E-state index contributed by atoms with van der Waals surface area (Å²) in [5.74, 6) is 1.24. The van der Waals surface area contributed by atoms with Crippen LogP contribution >= 0.6 is 0 Å². The number of hydrogen-bond donors (Lipinski definition) is 2. The molecule has 0 unspecified atom stereocenters. The molecule has 67 heavy (non-hydrogen) atoms. The number of ether oxygens (including phenoxy) is 4. The molecular formula is C56H74N6O5. The Morgan fingerprint density at radius 2 is 1.00 bits per heavy atom. The summed E-state index contributed by atoms with van der Waals surface area (Å²) in [6, 6.07) is 41.6. The van der Waals surface area contributed by atoms with E-state index in [0.717, 1.165) is 60.1 Å². The van der Waals surface area contributed by atoms with Gasteiger partial charge in [0.25, 0.3) is 0 Å². The first-order chi connectivity index (χ1) is 31.8. The van der Waals surface area contributed by atoms with Crippen LogP contribution in [0.5, 0.6) is 0 Å². The minimum atomic E-state index is -0.500. The molecule has 0 radical (unpaired) electrons. The van der Waals surface area contributed by atoms with E-state index in [2.05, 4.69) is 159 Å². The SMILES string of the molecule is CC(C)(C)[C@@H](N)c1nc(-c2ccccc2)cn1Cc1ccccc1.CC1(C)OCC(C=O)CO1.CC1(C)OCC(CN[C@@H](c2nc(-c3ccccc3)cn2Cc2ccccc2)C(C)(C)C)CO1. The Balaban J connectivity index is 0.000000189. The third-order valence-corrected chi connectivity index (χ3v) is 11.9. The zero-order valence-electron chi connectivity index (χ0n) is 41.4. The average Bonchev–Trinajstić information content (AvgIpc) is 3.92. The highest BCUT2D eigenvalue weighted by Gasteiger charge is 2.34. The van der Waals surface area contributed by atoms with Gasteiger partial charge in [0.2, 0.25) is 0 Å². The van der Waals surface area contributed by atoms with Crippen LogP contribution < -0.4 is 11.1 Å². The number of aromatic nitrogens is 4. The van der Waals surface area contributed by atoms with Crippen molar-refractivity contribution in [2.75, 3.05) is 33.0 Å². The van der Waals surface area contributed by atoms with Crippen molar-refractivity contribution in [1.29, 1.82) is 0 Å². The van der Waals surface area contributed by atoms with Crippen molar-refractivity contribution >= 4 is 6.29 Å². The molecule has 3 N–H and O–H groups in total. The van der Waals surface area contributed by atoms with Crippen LogP contribution in [0.2, 0.25) is 0 Å². The van der Waals surface area contributed by atoms with Crippen molar-refractivity contribution in [3.8, 4) is 22.5 Å². The zero-order chi connectivity index (χ0) is 48.2. The summed E-state index contributed by atoms with van der Waals surface area (Å²) in [4.78, 5) is 20.3. The lowest BCUT2D eigenvalue weighted by Crippen LogP contribution is -2.45. The lowest BCUT2D eigenvalue weighted by Gasteiger charge is -2.37. The molecule has 8 rings (SSSR count). The van der Waals surface area contributed by atoms with Gasteiger partial charge in [-0.15, -0.1) is 0 Å². The second-order valence-corrected chi connectivity index (χ2v) is 20.8. The molecule has 0 saturated carbocycles. The molecule has 4 aromatic carbocycles. The lowest BCUT2D eigenvalue weighted by molar-refractivity contribution is -0.261. The Kier molecular flexibility index (Phi) is 17.3. The van der Waals surface area contributed by atoms with E-state index in [9.17, 15) is 4.79 Å². The van der Waals surface area contributed by atoms with Gasteiger partial charge in [-0.3, -0.25) is 0 Å². The van der Waals surface area contributed by atoms with Gasteiger partial charge in [0, 0.05) is 49.1 Å². The number of carbonyl (C=O) groups excluding carboxylic acids is 1. The first kappa shape index (κ1) is 51.1. The van der Waals surface area contributed by atoms with Crippen LogP contribution in [0.3, 0.4) is 0 Å². The van der Waals surface area contributed by atoms with Crippen LogP contribution in [0.4, 0.5) is 0 Å². The van der Waals surface area contributed by atoms with Gasteiger partial charge in [0.05, 0.1) is 55.8 Å². The van der Waals surface area contributed by atoms with Crippen molar-refractivity contribution in [2.24, 2.45) is 28.4 Å². The average molecular weight is 911 g/mol. The molecule has 4 heterocycles. The molecule has 2 atom stereocenters. The predicted octanol–water partition coefficient (Wildman–Crippen LogP) is 10.9. The van der Waals surface area contributed by atoms with Crippen molar-refractivity contribution < 1.29 is 23.7 Å². The Morgan fingerprint density at radius 1 is 0.612 bits per heavy atom. The number of nitrogens with one attached hydrogen (secondary N) is 1. The van der Waals surface area contributed by atoms with E-state index in [-0.39, 0.29) is 28.8 Å². The van der Waals surface area contributed by atoms with Crippen LogP contribution in [0.1, 0.15) is 104 Å². The minimum absolute atomic E-state index is 0.0244. The first-order valence-corrected chi connectivity index (χ1v) is 23.6. The van der Waals surface area contributed by atoms with E-state index >= 15 is 0 Å². The smallest absolute Gasteiger partial charge is 0.162 e. The van der Waals surface area contributed by atoms with Crippen LogP contribution in [0.15, 0.2) is 134 Å². The molecule has 0 bridgehead atoms. The van der Waals surface area contributed by atoms with E-state index < -0.39 is 11.6 Å². The van der Waals surface area contributed by atoms with Gasteiger partial charge in [-0.25, -0.2) is 9.97 Å². The molecule has 2 aromatic heterocycles. The number of hydrogen-bond acceptors (Lipinski definition) is 9. The lowest BCUT2D eigenvalue weighted by atomic mass is 9.85. The molecule has 0 aliphatic carbocycles. The molecule has 0 amide bonds. The van der Waals surface area contributed by atoms with Crippen LogP contribution in [-0.4, -0.2) is 69.9 Å². The van der Waals surface area contributed by atoms with E-state index in [1.165, 1.54) is 11.1 Å². The van der Waals surface area contributed by atoms with Gasteiger partial charge in [0.1, 0.15) is 17.9 Å². The molecule has 11 heteroatoms. The summed E-state index contributed by atoms with van der Waals surface area (Å²) >= 11 is 0. The number of rotatable bonds is 12. The van der Waals surface area contributed by atoms with Gasteiger partial charge in [0.15, 0.2) is 11.6 Å². The third-order valence-electron chi connectivity index (χ3n) is 11.9. The quantitative estimate of drug-likeness (QED) is 0.115. The number of nitrogens with zero attached hydrogens (tertiary/aromatic N) is 4. The molecule has 358 valence electrons. The van der Waals surface area contributed by atoms with Gasteiger partial charge < -0.3 is 43.9 Å². The van der Waals surface area contributed by atoms with Crippen LogP contribution in [-0.2, 0) is 36.8 Å². The minimum Gasteiger partial charge on any atom is -0.350 e.